The van der Waals surface area contributed by atoms with Gasteiger partial charge in [0.25, 0.3) is 0 Å². The Morgan fingerprint density at radius 3 is 2.28 bits per heavy atom. The Kier molecular flexibility index (Phi) is 3.36. The second kappa shape index (κ2) is 4.66. The van der Waals surface area contributed by atoms with Crippen molar-refractivity contribution in [3.63, 3.8) is 0 Å². The van der Waals surface area contributed by atoms with Gasteiger partial charge in [0.2, 0.25) is 0 Å². The number of benzene rings is 1. The summed E-state index contributed by atoms with van der Waals surface area (Å²) >= 11 is 1.08. The van der Waals surface area contributed by atoms with Crippen LogP contribution >= 0.6 is 11.9 Å². The van der Waals surface area contributed by atoms with Crippen molar-refractivity contribution in [2.24, 2.45) is 5.14 Å². The minimum Gasteiger partial charge on any atom is -0.274 e. The summed E-state index contributed by atoms with van der Waals surface area (Å²) in [6.07, 6.45) is -4.43. The molecule has 0 amide bonds. The fourth-order valence-electron chi connectivity index (χ4n) is 1.54. The minimum atomic E-state index is -4.43. The van der Waals surface area contributed by atoms with E-state index >= 15 is 0 Å². The molecule has 0 bridgehead atoms. The van der Waals surface area contributed by atoms with Gasteiger partial charge in [-0.25, -0.2) is 4.68 Å². The highest BCUT2D eigenvalue weighted by atomic mass is 32.2. The summed E-state index contributed by atoms with van der Waals surface area (Å²) < 4.78 is 38.8. The molecule has 0 saturated carbocycles. The number of halogens is 3. The molecule has 1 aromatic heterocycles. The third-order valence-electron chi connectivity index (χ3n) is 2.40. The Bertz CT molecular complexity index is 546. The summed E-state index contributed by atoms with van der Waals surface area (Å²) in [4.78, 5) is 0.833. The number of hydrogen-bond acceptors (Lipinski definition) is 3. The maximum absolute atomic E-state index is 12.5. The quantitative estimate of drug-likeness (QED) is 0.855. The van der Waals surface area contributed by atoms with Crippen LogP contribution in [0.5, 0.6) is 0 Å². The summed E-state index contributed by atoms with van der Waals surface area (Å²) in [6.45, 7) is 1.58. The number of hydrogen-bond donors (Lipinski definition) is 1. The highest BCUT2D eigenvalue weighted by Gasteiger charge is 2.34. The van der Waals surface area contributed by atoms with Crippen molar-refractivity contribution >= 4 is 11.9 Å². The first kappa shape index (κ1) is 13.0. The monoisotopic (exact) mass is 273 g/mol. The van der Waals surface area contributed by atoms with E-state index in [2.05, 4.69) is 5.10 Å². The van der Waals surface area contributed by atoms with Crippen LogP contribution in [0.4, 0.5) is 13.2 Å². The van der Waals surface area contributed by atoms with E-state index in [0.29, 0.717) is 11.4 Å². The van der Waals surface area contributed by atoms with Gasteiger partial charge in [-0.1, -0.05) is 0 Å². The van der Waals surface area contributed by atoms with Crippen LogP contribution < -0.4 is 5.14 Å². The average Bonchev–Trinajstić information content (AvgIpc) is 2.71. The number of nitrogens with two attached hydrogens (primary N) is 1. The molecule has 0 atom stereocenters. The largest absolute Gasteiger partial charge is 0.435 e. The van der Waals surface area contributed by atoms with Crippen LogP contribution in [0.2, 0.25) is 0 Å². The molecular formula is C11H10F3N3S. The maximum atomic E-state index is 12.5. The Balaban J connectivity index is 2.41. The molecule has 0 aliphatic rings. The van der Waals surface area contributed by atoms with Gasteiger partial charge in [0.05, 0.1) is 5.69 Å². The SMILES string of the molecule is Cc1cc(C(F)(F)F)nn1-c1ccc(SN)cc1. The molecule has 3 nitrogen and oxygen atoms in total. The van der Waals surface area contributed by atoms with E-state index in [9.17, 15) is 13.2 Å². The van der Waals surface area contributed by atoms with Crippen LogP contribution in [0.15, 0.2) is 35.2 Å². The summed E-state index contributed by atoms with van der Waals surface area (Å²) in [5.74, 6) is 0. The summed E-state index contributed by atoms with van der Waals surface area (Å²) in [5, 5.41) is 8.94. The second-order valence-electron chi connectivity index (χ2n) is 3.69. The zero-order valence-electron chi connectivity index (χ0n) is 9.40. The highest BCUT2D eigenvalue weighted by Crippen LogP contribution is 2.29. The van der Waals surface area contributed by atoms with E-state index in [1.165, 1.54) is 4.68 Å². The van der Waals surface area contributed by atoms with Gasteiger partial charge in [-0.3, -0.25) is 5.14 Å². The van der Waals surface area contributed by atoms with Gasteiger partial charge >= 0.3 is 6.18 Å². The predicted octanol–water partition coefficient (Wildman–Crippen LogP) is 3.17. The van der Waals surface area contributed by atoms with Gasteiger partial charge in [-0.15, -0.1) is 0 Å². The lowest BCUT2D eigenvalue weighted by atomic mass is 10.3. The number of alkyl halides is 3. The third kappa shape index (κ3) is 2.51. The van der Waals surface area contributed by atoms with Gasteiger partial charge in [-0.2, -0.15) is 18.3 Å². The molecular weight excluding hydrogens is 263 g/mol. The standard InChI is InChI=1S/C11H10F3N3S/c1-7-6-10(11(12,13)14)16-17(7)8-2-4-9(18-15)5-3-8/h2-6H,15H2,1H3. The molecule has 2 rings (SSSR count). The van der Waals surface area contributed by atoms with Crippen molar-refractivity contribution in [2.45, 2.75) is 18.0 Å². The number of aromatic nitrogens is 2. The number of nitrogens with zero attached hydrogens (tertiary/aromatic N) is 2. The molecule has 0 spiro atoms. The second-order valence-corrected chi connectivity index (χ2v) is 4.40. The third-order valence-corrected chi connectivity index (χ3v) is 2.94. The van der Waals surface area contributed by atoms with Gasteiger partial charge in [0, 0.05) is 10.6 Å². The van der Waals surface area contributed by atoms with Crippen LogP contribution in [0.3, 0.4) is 0 Å². The molecule has 0 unspecified atom stereocenters. The minimum absolute atomic E-state index is 0.426. The molecule has 2 N–H and O–H groups in total. The van der Waals surface area contributed by atoms with Gasteiger partial charge in [0.15, 0.2) is 5.69 Å². The van der Waals surface area contributed by atoms with Gasteiger partial charge < -0.3 is 0 Å². The Morgan fingerprint density at radius 1 is 1.22 bits per heavy atom. The Hall–Kier alpha value is -1.47. The van der Waals surface area contributed by atoms with Crippen molar-refractivity contribution in [3.05, 3.63) is 41.7 Å². The highest BCUT2D eigenvalue weighted by molar-refractivity contribution is 7.97. The topological polar surface area (TPSA) is 43.8 Å². The summed E-state index contributed by atoms with van der Waals surface area (Å²) in [7, 11) is 0. The smallest absolute Gasteiger partial charge is 0.274 e. The molecule has 0 saturated heterocycles. The zero-order valence-corrected chi connectivity index (χ0v) is 10.2. The zero-order chi connectivity index (χ0) is 13.3. The van der Waals surface area contributed by atoms with Gasteiger partial charge in [0.1, 0.15) is 0 Å². The maximum Gasteiger partial charge on any atom is 0.435 e. The number of aryl methyl sites for hydroxylation is 1. The molecule has 2 aromatic rings. The summed E-state index contributed by atoms with van der Waals surface area (Å²) in [6, 6.07) is 7.83. The average molecular weight is 273 g/mol. The van der Waals surface area contributed by atoms with E-state index in [1.54, 1.807) is 31.2 Å². The first-order chi connectivity index (χ1) is 8.41. The normalized spacial score (nSPS) is 11.8. The fourth-order valence-corrected chi connectivity index (χ4v) is 1.83. The Morgan fingerprint density at radius 2 is 1.83 bits per heavy atom. The molecule has 1 heterocycles. The van der Waals surface area contributed by atoms with Crippen molar-refractivity contribution in [2.75, 3.05) is 0 Å². The summed E-state index contributed by atoms with van der Waals surface area (Å²) in [5.41, 5.74) is 0.105. The van der Waals surface area contributed by atoms with Crippen molar-refractivity contribution in [3.8, 4) is 5.69 Å². The fraction of sp³-hybridized carbons (Fsp3) is 0.182. The van der Waals surface area contributed by atoms with E-state index in [-0.39, 0.29) is 0 Å². The van der Waals surface area contributed by atoms with E-state index < -0.39 is 11.9 Å². The van der Waals surface area contributed by atoms with Crippen LogP contribution in [0, 0.1) is 6.92 Å². The van der Waals surface area contributed by atoms with Crippen LogP contribution in [-0.4, -0.2) is 9.78 Å². The first-order valence-electron chi connectivity index (χ1n) is 5.03. The first-order valence-corrected chi connectivity index (χ1v) is 5.91. The Labute approximate surface area is 106 Å². The van der Waals surface area contributed by atoms with E-state index in [4.69, 9.17) is 5.14 Å². The van der Waals surface area contributed by atoms with Crippen molar-refractivity contribution < 1.29 is 13.2 Å². The predicted molar refractivity (Wildman–Crippen MR) is 63.3 cm³/mol. The molecule has 0 radical (unpaired) electrons. The van der Waals surface area contributed by atoms with E-state index in [1.807, 2.05) is 0 Å². The lowest BCUT2D eigenvalue weighted by Crippen LogP contribution is -2.07. The lowest BCUT2D eigenvalue weighted by molar-refractivity contribution is -0.141. The molecule has 0 fully saturated rings. The lowest BCUT2D eigenvalue weighted by Gasteiger charge is -2.05. The van der Waals surface area contributed by atoms with E-state index in [0.717, 1.165) is 22.9 Å². The molecule has 18 heavy (non-hydrogen) atoms. The number of rotatable bonds is 2. The van der Waals surface area contributed by atoms with Crippen LogP contribution in [0.25, 0.3) is 5.69 Å². The van der Waals surface area contributed by atoms with Crippen LogP contribution in [0.1, 0.15) is 11.4 Å². The van der Waals surface area contributed by atoms with Crippen molar-refractivity contribution in [1.29, 1.82) is 0 Å². The van der Waals surface area contributed by atoms with Crippen molar-refractivity contribution in [1.82, 2.24) is 9.78 Å². The molecule has 0 aliphatic heterocycles. The van der Waals surface area contributed by atoms with Gasteiger partial charge in [-0.05, 0) is 49.2 Å². The molecule has 1 aromatic carbocycles. The molecule has 96 valence electrons. The van der Waals surface area contributed by atoms with Crippen LogP contribution in [-0.2, 0) is 6.18 Å². The molecule has 0 aliphatic carbocycles. The molecule has 7 heteroatoms.